The number of fused-ring (bicyclic) bond motifs is 2. The van der Waals surface area contributed by atoms with Crippen molar-refractivity contribution in [3.05, 3.63) is 155 Å². The van der Waals surface area contributed by atoms with E-state index >= 15 is 0 Å². The van der Waals surface area contributed by atoms with Gasteiger partial charge in [-0.3, -0.25) is 29.2 Å². The molecule has 4 unspecified atom stereocenters. The second-order valence-electron chi connectivity index (χ2n) is 17.7. The molecule has 0 spiro atoms. The highest BCUT2D eigenvalue weighted by Crippen LogP contribution is 2.26. The molecule has 16 heteroatoms. The maximum Gasteiger partial charge on any atom is 0.332 e. The van der Waals surface area contributed by atoms with Crippen LogP contribution in [0.2, 0.25) is 0 Å². The summed E-state index contributed by atoms with van der Waals surface area (Å²) in [5, 5.41) is 7.55. The maximum absolute atomic E-state index is 13.1. The van der Waals surface area contributed by atoms with Gasteiger partial charge in [-0.05, 0) is 112 Å². The van der Waals surface area contributed by atoms with E-state index in [4.69, 9.17) is 9.47 Å². The summed E-state index contributed by atoms with van der Waals surface area (Å²) >= 11 is 0. The highest BCUT2D eigenvalue weighted by Gasteiger charge is 2.38. The van der Waals surface area contributed by atoms with Crippen molar-refractivity contribution in [2.45, 2.75) is 76.2 Å². The van der Waals surface area contributed by atoms with E-state index < -0.39 is 48.5 Å². The molecule has 6 aromatic rings. The van der Waals surface area contributed by atoms with Crippen molar-refractivity contribution in [1.82, 2.24) is 40.2 Å². The third-order valence-corrected chi connectivity index (χ3v) is 12.5. The van der Waals surface area contributed by atoms with Gasteiger partial charge in [0.15, 0.2) is 12.5 Å². The number of esters is 2. The smallest absolute Gasteiger partial charge is 0.332 e. The number of H-pyrrole nitrogens is 2. The highest BCUT2D eigenvalue weighted by atomic mass is 16.6. The fourth-order valence-corrected chi connectivity index (χ4v) is 8.62. The zero-order chi connectivity index (χ0) is 47.9. The lowest BCUT2D eigenvalue weighted by molar-refractivity contribution is -0.153. The first-order chi connectivity index (χ1) is 32.8. The normalized spacial score (nSPS) is 17.2. The standard InChI is InChI=1S/C52H56N8O8/c1-57(2)45(27-37-29-53-41-19-15-33(25-39(37)41)17-21-43-49(63)59(51(65)55-43)31-35-11-7-5-8-12-35)67-47(61)23-24-48(62)68-46(58(3)4)28-38-30-54-42-20-16-34(26-40(38)42)18-22-44-50(64)60(52(66)56-44)32-36-13-9-6-10-14-36/h5-16,19-20,23-26,29-30,43-46,53-54H,17-18,21-22,27-28,31-32H2,1-4H3,(H,55,65)(H,56,66)/b24-23-. The van der Waals surface area contributed by atoms with Crippen LogP contribution in [0.5, 0.6) is 0 Å². The van der Waals surface area contributed by atoms with E-state index in [9.17, 15) is 28.8 Å². The van der Waals surface area contributed by atoms with Gasteiger partial charge in [-0.1, -0.05) is 72.8 Å². The van der Waals surface area contributed by atoms with Gasteiger partial charge in [0.25, 0.3) is 11.8 Å². The van der Waals surface area contributed by atoms with Gasteiger partial charge < -0.3 is 30.1 Å². The monoisotopic (exact) mass is 920 g/mol. The van der Waals surface area contributed by atoms with Crippen LogP contribution in [0.25, 0.3) is 21.8 Å². The van der Waals surface area contributed by atoms with Gasteiger partial charge >= 0.3 is 24.0 Å². The first kappa shape index (κ1) is 47.0. The molecule has 2 aromatic heterocycles. The zero-order valence-electron chi connectivity index (χ0n) is 38.6. The Morgan fingerprint density at radius 1 is 0.574 bits per heavy atom. The predicted octanol–water partition coefficient (Wildman–Crippen LogP) is 5.96. The molecule has 2 aliphatic heterocycles. The van der Waals surface area contributed by atoms with Crippen molar-refractivity contribution in [1.29, 1.82) is 0 Å². The van der Waals surface area contributed by atoms with Crippen LogP contribution in [0.1, 0.15) is 46.2 Å². The number of aromatic amines is 2. The van der Waals surface area contributed by atoms with Crippen molar-refractivity contribution >= 4 is 57.6 Å². The van der Waals surface area contributed by atoms with Crippen LogP contribution in [0, 0.1) is 0 Å². The van der Waals surface area contributed by atoms with Crippen molar-refractivity contribution in [3.63, 3.8) is 0 Å². The number of aryl methyl sites for hydroxylation is 2. The Balaban J connectivity index is 0.833. The Morgan fingerprint density at radius 2 is 0.971 bits per heavy atom. The van der Waals surface area contributed by atoms with E-state index in [1.54, 1.807) is 38.0 Å². The molecule has 4 atom stereocenters. The van der Waals surface area contributed by atoms with Crippen molar-refractivity contribution in [2.24, 2.45) is 0 Å². The molecule has 4 heterocycles. The Bertz CT molecular complexity index is 2650. The highest BCUT2D eigenvalue weighted by molar-refractivity contribution is 6.05. The number of likely N-dealkylation sites (N-methyl/N-ethyl adjacent to an activating group) is 2. The summed E-state index contributed by atoms with van der Waals surface area (Å²) in [4.78, 5) is 90.6. The first-order valence-corrected chi connectivity index (χ1v) is 22.7. The van der Waals surface area contributed by atoms with Crippen LogP contribution in [-0.4, -0.2) is 118 Å². The van der Waals surface area contributed by atoms with Crippen molar-refractivity contribution in [2.75, 3.05) is 28.2 Å². The average Bonchev–Trinajstić information content (AvgIpc) is 4.07. The lowest BCUT2D eigenvalue weighted by Crippen LogP contribution is -2.35. The molecule has 16 nitrogen and oxygen atoms in total. The second-order valence-corrected chi connectivity index (χ2v) is 17.7. The van der Waals surface area contributed by atoms with Gasteiger partial charge in [0.2, 0.25) is 0 Å². The third kappa shape index (κ3) is 11.2. The molecule has 2 fully saturated rings. The number of urea groups is 2. The number of hydrogen-bond donors (Lipinski definition) is 4. The van der Waals surface area contributed by atoms with E-state index in [0.29, 0.717) is 38.5 Å². The van der Waals surface area contributed by atoms with Gasteiger partial charge in [0.05, 0.1) is 13.1 Å². The molecule has 4 N–H and O–H groups in total. The largest absolute Gasteiger partial charge is 0.443 e. The number of ether oxygens (including phenoxy) is 2. The summed E-state index contributed by atoms with van der Waals surface area (Å²) < 4.78 is 11.7. The van der Waals surface area contributed by atoms with E-state index in [2.05, 4.69) is 20.6 Å². The number of rotatable bonds is 20. The molecule has 8 rings (SSSR count). The molecular weight excluding hydrogens is 865 g/mol. The summed E-state index contributed by atoms with van der Waals surface area (Å²) in [7, 11) is 7.21. The minimum atomic E-state index is -0.709. The zero-order valence-corrected chi connectivity index (χ0v) is 38.6. The van der Waals surface area contributed by atoms with E-state index in [0.717, 1.165) is 67.3 Å². The van der Waals surface area contributed by atoms with Gasteiger partial charge in [-0.15, -0.1) is 0 Å². The van der Waals surface area contributed by atoms with Crippen molar-refractivity contribution in [3.8, 4) is 0 Å². The van der Waals surface area contributed by atoms with E-state index in [-0.39, 0.29) is 24.9 Å². The molecule has 0 bridgehead atoms. The number of carbonyl (C=O) groups excluding carboxylic acids is 6. The van der Waals surface area contributed by atoms with E-state index in [1.807, 2.05) is 109 Å². The topological polar surface area (TPSA) is 189 Å². The van der Waals surface area contributed by atoms with Crippen LogP contribution in [0.15, 0.2) is 122 Å². The predicted molar refractivity (Wildman–Crippen MR) is 256 cm³/mol. The number of imide groups is 2. The van der Waals surface area contributed by atoms with Crippen molar-refractivity contribution < 1.29 is 38.2 Å². The number of benzene rings is 4. The molecule has 68 heavy (non-hydrogen) atoms. The number of hydrogen-bond acceptors (Lipinski definition) is 10. The lowest BCUT2D eigenvalue weighted by atomic mass is 10.0. The number of aromatic nitrogens is 2. The molecule has 2 aliphatic rings. The summed E-state index contributed by atoms with van der Waals surface area (Å²) in [6, 6.07) is 28.8. The Labute approximate surface area is 394 Å². The van der Waals surface area contributed by atoms with Crippen LogP contribution >= 0.6 is 0 Å². The molecular formula is C52H56N8O8. The van der Waals surface area contributed by atoms with Crippen LogP contribution in [0.3, 0.4) is 0 Å². The molecule has 0 saturated carbocycles. The van der Waals surface area contributed by atoms with Gasteiger partial charge in [-0.25, -0.2) is 19.2 Å². The lowest BCUT2D eigenvalue weighted by Gasteiger charge is -2.24. The number of nitrogens with zero attached hydrogens (tertiary/aromatic N) is 4. The van der Waals surface area contributed by atoms with Crippen LogP contribution in [0.4, 0.5) is 9.59 Å². The van der Waals surface area contributed by atoms with Gasteiger partial charge in [0, 0.05) is 59.2 Å². The Kier molecular flexibility index (Phi) is 14.5. The number of nitrogens with one attached hydrogen (secondary N) is 4. The second kappa shape index (κ2) is 20.9. The fraction of sp³-hybridized carbons (Fsp3) is 0.308. The maximum atomic E-state index is 13.1. The summed E-state index contributed by atoms with van der Waals surface area (Å²) in [6.45, 7) is 0.442. The van der Waals surface area contributed by atoms with Crippen LogP contribution in [-0.2, 0) is 67.4 Å². The summed E-state index contributed by atoms with van der Waals surface area (Å²) in [5.41, 5.74) is 7.37. The number of carbonyl (C=O) groups is 6. The number of amides is 6. The SMILES string of the molecule is CN(C)C(Cc1c[nH]c2ccc(CCC3NC(=O)N(Cc4ccccc4)C3=O)cc12)OC(=O)/C=C\C(=O)OC(Cc1c[nH]c2ccc(CCC3NC(=O)N(Cc4ccccc4)C3=O)cc12)N(C)C. The minimum Gasteiger partial charge on any atom is -0.443 e. The summed E-state index contributed by atoms with van der Waals surface area (Å²) in [5.74, 6) is -1.90. The molecule has 4 aromatic carbocycles. The molecule has 0 radical (unpaired) electrons. The quantitative estimate of drug-likeness (QED) is 0.0308. The average molecular weight is 921 g/mol. The minimum absolute atomic E-state index is 0.221. The van der Waals surface area contributed by atoms with Gasteiger partial charge in [-0.2, -0.15) is 0 Å². The van der Waals surface area contributed by atoms with Gasteiger partial charge in [0.1, 0.15) is 12.1 Å². The van der Waals surface area contributed by atoms with E-state index in [1.165, 1.54) is 9.80 Å². The molecule has 0 aliphatic carbocycles. The first-order valence-electron chi connectivity index (χ1n) is 22.7. The summed E-state index contributed by atoms with van der Waals surface area (Å²) in [6.07, 6.45) is 7.27. The molecule has 6 amide bonds. The Hall–Kier alpha value is -7.56. The molecule has 352 valence electrons. The third-order valence-electron chi connectivity index (χ3n) is 12.5. The van der Waals surface area contributed by atoms with Crippen LogP contribution < -0.4 is 10.6 Å². The fourth-order valence-electron chi connectivity index (χ4n) is 8.62. The Morgan fingerprint density at radius 3 is 1.35 bits per heavy atom. The molecule has 2 saturated heterocycles.